The second kappa shape index (κ2) is 8.61. The number of fused-ring (bicyclic) bond motifs is 1. The highest BCUT2D eigenvalue weighted by Gasteiger charge is 2.38. The maximum absolute atomic E-state index is 12.7. The van der Waals surface area contributed by atoms with E-state index in [1.54, 1.807) is 19.4 Å². The molecule has 2 heterocycles. The lowest BCUT2D eigenvalue weighted by molar-refractivity contribution is -0.123. The van der Waals surface area contributed by atoms with Crippen LogP contribution >= 0.6 is 0 Å². The molecule has 2 aromatic rings. The van der Waals surface area contributed by atoms with Gasteiger partial charge in [0.05, 0.1) is 13.2 Å². The van der Waals surface area contributed by atoms with Gasteiger partial charge < -0.3 is 20.1 Å². The molecule has 4 rings (SSSR count). The van der Waals surface area contributed by atoms with Crippen LogP contribution in [0.5, 0.6) is 17.4 Å². The molecule has 1 saturated carbocycles. The Bertz CT molecular complexity index is 812. The molecular weight excluding hydrogens is 354 g/mol. The highest BCUT2D eigenvalue weighted by atomic mass is 16.5. The van der Waals surface area contributed by atoms with Gasteiger partial charge >= 0.3 is 0 Å². The van der Waals surface area contributed by atoms with Crippen molar-refractivity contribution in [1.82, 2.24) is 15.6 Å². The molecule has 1 aliphatic heterocycles. The molecule has 1 amide bonds. The molecule has 1 aromatic heterocycles. The Labute approximate surface area is 165 Å². The average molecular weight is 381 g/mol. The van der Waals surface area contributed by atoms with Crippen LogP contribution in [-0.4, -0.2) is 30.1 Å². The third kappa shape index (κ3) is 4.28. The van der Waals surface area contributed by atoms with E-state index >= 15 is 0 Å². The molecule has 28 heavy (non-hydrogen) atoms. The van der Waals surface area contributed by atoms with Crippen molar-refractivity contribution in [2.45, 2.75) is 50.7 Å². The quantitative estimate of drug-likeness (QED) is 0.802. The first-order chi connectivity index (χ1) is 13.7. The highest BCUT2D eigenvalue weighted by molar-refractivity contribution is 5.82. The zero-order valence-corrected chi connectivity index (χ0v) is 16.2. The summed E-state index contributed by atoms with van der Waals surface area (Å²) in [4.78, 5) is 17.0. The van der Waals surface area contributed by atoms with Gasteiger partial charge in [-0.3, -0.25) is 4.79 Å². The van der Waals surface area contributed by atoms with Crippen LogP contribution in [0.3, 0.4) is 0 Å². The van der Waals surface area contributed by atoms with Crippen molar-refractivity contribution in [3.8, 4) is 17.4 Å². The second-order valence-corrected chi connectivity index (χ2v) is 7.57. The Hall–Kier alpha value is -2.60. The number of rotatable bonds is 6. The molecule has 1 saturated heterocycles. The zero-order valence-electron chi connectivity index (χ0n) is 16.2. The number of nitrogens with zero attached hydrogens (tertiary/aromatic N) is 1. The number of methoxy groups -OCH3 is 1. The summed E-state index contributed by atoms with van der Waals surface area (Å²) in [6.07, 6.45) is 7.61. The number of hydrogen-bond donors (Lipinski definition) is 2. The molecule has 2 fully saturated rings. The molecule has 1 aromatic carbocycles. The largest absolute Gasteiger partial charge is 0.497 e. The van der Waals surface area contributed by atoms with E-state index < -0.39 is 0 Å². The number of benzene rings is 1. The molecule has 2 aliphatic rings. The van der Waals surface area contributed by atoms with Crippen LogP contribution in [0.1, 0.15) is 37.7 Å². The van der Waals surface area contributed by atoms with E-state index in [0.717, 1.165) is 17.7 Å². The van der Waals surface area contributed by atoms with Gasteiger partial charge in [-0.2, -0.15) is 0 Å². The first-order valence-corrected chi connectivity index (χ1v) is 10.0. The molecule has 6 nitrogen and oxygen atoms in total. The molecule has 0 bridgehead atoms. The minimum Gasteiger partial charge on any atom is -0.497 e. The lowest BCUT2D eigenvalue weighted by Crippen LogP contribution is -2.42. The fourth-order valence-corrected chi connectivity index (χ4v) is 4.25. The molecule has 1 aliphatic carbocycles. The van der Waals surface area contributed by atoms with Crippen molar-refractivity contribution in [1.29, 1.82) is 0 Å². The summed E-state index contributed by atoms with van der Waals surface area (Å²) in [5.74, 6) is 2.56. The number of hydrogen-bond acceptors (Lipinski definition) is 5. The summed E-state index contributed by atoms with van der Waals surface area (Å²) in [5, 5.41) is 6.58. The van der Waals surface area contributed by atoms with Gasteiger partial charge in [0.15, 0.2) is 0 Å². The standard InChI is InChI=1S/C22H27N3O3/c1-27-17-8-4-9-18(13-17)28-22-16(7-5-11-23-22)14-24-21(26)20-12-15-6-2-3-10-19(15)25-20/h4-5,7-9,11,13,15,19-20,25H,2-3,6,10,12,14H2,1H3,(H,24,26). The molecule has 3 unspecified atom stereocenters. The fourth-order valence-electron chi connectivity index (χ4n) is 4.25. The van der Waals surface area contributed by atoms with Crippen molar-refractivity contribution < 1.29 is 14.3 Å². The Kier molecular flexibility index (Phi) is 5.76. The average Bonchev–Trinajstić information content (AvgIpc) is 3.17. The topological polar surface area (TPSA) is 72.5 Å². The van der Waals surface area contributed by atoms with Crippen molar-refractivity contribution in [2.75, 3.05) is 7.11 Å². The number of aromatic nitrogens is 1. The van der Waals surface area contributed by atoms with Crippen LogP contribution in [0.25, 0.3) is 0 Å². The molecule has 3 atom stereocenters. The lowest BCUT2D eigenvalue weighted by atomic mass is 9.85. The Morgan fingerprint density at radius 2 is 2.07 bits per heavy atom. The van der Waals surface area contributed by atoms with Gasteiger partial charge in [-0.1, -0.05) is 25.0 Å². The van der Waals surface area contributed by atoms with Crippen LogP contribution in [0.4, 0.5) is 0 Å². The van der Waals surface area contributed by atoms with Crippen molar-refractivity contribution in [3.05, 3.63) is 48.2 Å². The molecule has 148 valence electrons. The molecule has 6 heteroatoms. The SMILES string of the molecule is COc1cccc(Oc2ncccc2CNC(=O)C2CC3CCCCC3N2)c1. The van der Waals surface area contributed by atoms with Gasteiger partial charge in [0.25, 0.3) is 0 Å². The summed E-state index contributed by atoms with van der Waals surface area (Å²) in [6.45, 7) is 0.388. The second-order valence-electron chi connectivity index (χ2n) is 7.57. The number of nitrogens with one attached hydrogen (secondary N) is 2. The van der Waals surface area contributed by atoms with Gasteiger partial charge in [0.2, 0.25) is 11.8 Å². The van der Waals surface area contributed by atoms with E-state index in [1.165, 1.54) is 25.7 Å². The number of carbonyl (C=O) groups is 1. The van der Waals surface area contributed by atoms with Gasteiger partial charge in [-0.05, 0) is 43.4 Å². The predicted octanol–water partition coefficient (Wildman–Crippen LogP) is 3.42. The van der Waals surface area contributed by atoms with E-state index in [0.29, 0.717) is 30.1 Å². The number of pyridine rings is 1. The number of amides is 1. The van der Waals surface area contributed by atoms with Crippen molar-refractivity contribution >= 4 is 5.91 Å². The number of ether oxygens (including phenoxy) is 2. The predicted molar refractivity (Wildman–Crippen MR) is 106 cm³/mol. The Balaban J connectivity index is 1.38. The molecule has 0 radical (unpaired) electrons. The first kappa shape index (κ1) is 18.7. The highest BCUT2D eigenvalue weighted by Crippen LogP contribution is 2.33. The van der Waals surface area contributed by atoms with Crippen LogP contribution < -0.4 is 20.1 Å². The lowest BCUT2D eigenvalue weighted by Gasteiger charge is -2.24. The van der Waals surface area contributed by atoms with Crippen LogP contribution in [0.2, 0.25) is 0 Å². The monoisotopic (exact) mass is 381 g/mol. The minimum atomic E-state index is -0.0903. The van der Waals surface area contributed by atoms with E-state index in [-0.39, 0.29) is 11.9 Å². The summed E-state index contributed by atoms with van der Waals surface area (Å²) in [7, 11) is 1.62. The van der Waals surface area contributed by atoms with Gasteiger partial charge in [0.1, 0.15) is 11.5 Å². The molecule has 0 spiro atoms. The maximum atomic E-state index is 12.7. The van der Waals surface area contributed by atoms with Gasteiger partial charge in [-0.25, -0.2) is 4.98 Å². The Morgan fingerprint density at radius 1 is 1.21 bits per heavy atom. The summed E-state index contributed by atoms with van der Waals surface area (Å²) in [5.41, 5.74) is 0.842. The van der Waals surface area contributed by atoms with E-state index in [2.05, 4.69) is 15.6 Å². The van der Waals surface area contributed by atoms with Crippen LogP contribution in [0, 0.1) is 5.92 Å². The van der Waals surface area contributed by atoms with Crippen LogP contribution in [-0.2, 0) is 11.3 Å². The van der Waals surface area contributed by atoms with E-state index in [4.69, 9.17) is 9.47 Å². The summed E-state index contributed by atoms with van der Waals surface area (Å²) >= 11 is 0. The first-order valence-electron chi connectivity index (χ1n) is 10.0. The summed E-state index contributed by atoms with van der Waals surface area (Å²) < 4.78 is 11.2. The third-order valence-corrected chi connectivity index (χ3v) is 5.74. The maximum Gasteiger partial charge on any atom is 0.237 e. The minimum absolute atomic E-state index is 0.0607. The third-order valence-electron chi connectivity index (χ3n) is 5.74. The summed E-state index contributed by atoms with van der Waals surface area (Å²) in [6, 6.07) is 11.6. The van der Waals surface area contributed by atoms with Crippen LogP contribution in [0.15, 0.2) is 42.6 Å². The van der Waals surface area contributed by atoms with Gasteiger partial charge in [0, 0.05) is 30.4 Å². The zero-order chi connectivity index (χ0) is 19.3. The Morgan fingerprint density at radius 3 is 2.93 bits per heavy atom. The van der Waals surface area contributed by atoms with E-state index in [1.807, 2.05) is 30.3 Å². The smallest absolute Gasteiger partial charge is 0.237 e. The van der Waals surface area contributed by atoms with Crippen molar-refractivity contribution in [2.24, 2.45) is 5.92 Å². The molecule has 2 N–H and O–H groups in total. The van der Waals surface area contributed by atoms with Crippen molar-refractivity contribution in [3.63, 3.8) is 0 Å². The van der Waals surface area contributed by atoms with Gasteiger partial charge in [-0.15, -0.1) is 0 Å². The number of carbonyl (C=O) groups excluding carboxylic acids is 1. The van der Waals surface area contributed by atoms with E-state index in [9.17, 15) is 4.79 Å². The molecular formula is C22H27N3O3. The normalized spacial score (nSPS) is 23.7. The fraction of sp³-hybridized carbons (Fsp3) is 0.455.